The first kappa shape index (κ1) is 16.8. The molecule has 122 valence electrons. The van der Waals surface area contributed by atoms with Crippen LogP contribution in [0.15, 0.2) is 18.2 Å². The van der Waals surface area contributed by atoms with Gasteiger partial charge in [-0.25, -0.2) is 0 Å². The molecule has 2 rings (SSSR count). The Kier molecular flexibility index (Phi) is 5.83. The van der Waals surface area contributed by atoms with Crippen molar-refractivity contribution >= 4 is 5.91 Å². The molecule has 1 heterocycles. The van der Waals surface area contributed by atoms with E-state index in [0.29, 0.717) is 11.8 Å². The van der Waals surface area contributed by atoms with Crippen molar-refractivity contribution < 1.29 is 9.53 Å². The molecule has 1 saturated heterocycles. The molecule has 0 spiro atoms. The average Bonchev–Trinajstić information content (AvgIpc) is 2.92. The number of nitrogens with zero attached hydrogens (tertiary/aromatic N) is 1. The molecule has 0 aromatic heterocycles. The van der Waals surface area contributed by atoms with Gasteiger partial charge >= 0.3 is 0 Å². The number of likely N-dealkylation sites (tertiary alicyclic amines) is 1. The van der Waals surface area contributed by atoms with E-state index < -0.39 is 0 Å². The first-order valence-electron chi connectivity index (χ1n) is 8.13. The molecule has 1 atom stereocenters. The second kappa shape index (κ2) is 7.63. The van der Waals surface area contributed by atoms with Gasteiger partial charge < -0.3 is 10.1 Å². The number of carbonyl (C=O) groups is 1. The number of methoxy groups -OCH3 is 1. The van der Waals surface area contributed by atoms with Crippen LogP contribution in [0.3, 0.4) is 0 Å². The van der Waals surface area contributed by atoms with Crippen LogP contribution in [0.4, 0.5) is 0 Å². The van der Waals surface area contributed by atoms with E-state index in [1.807, 2.05) is 0 Å². The third-order valence-electron chi connectivity index (χ3n) is 4.37. The molecule has 0 radical (unpaired) electrons. The minimum absolute atomic E-state index is 0.0600. The Hall–Kier alpha value is -1.55. The number of rotatable bonds is 6. The fraction of sp³-hybridized carbons (Fsp3) is 0.611. The van der Waals surface area contributed by atoms with E-state index in [0.717, 1.165) is 38.3 Å². The lowest BCUT2D eigenvalue weighted by Crippen LogP contribution is -2.29. The Morgan fingerprint density at radius 3 is 2.86 bits per heavy atom. The summed E-state index contributed by atoms with van der Waals surface area (Å²) in [5, 5.41) is 2.93. The Balaban J connectivity index is 1.98. The van der Waals surface area contributed by atoms with Crippen molar-refractivity contribution in [3.05, 3.63) is 29.3 Å². The molecule has 4 nitrogen and oxygen atoms in total. The van der Waals surface area contributed by atoms with Crippen molar-refractivity contribution in [1.82, 2.24) is 10.2 Å². The summed E-state index contributed by atoms with van der Waals surface area (Å²) in [5.41, 5.74) is 2.61. The van der Waals surface area contributed by atoms with Gasteiger partial charge in [-0.05, 0) is 36.4 Å². The summed E-state index contributed by atoms with van der Waals surface area (Å²) < 4.78 is 5.51. The van der Waals surface area contributed by atoms with E-state index in [9.17, 15) is 4.79 Å². The SMILES string of the molecule is COc1ccc(C(C)C)cc1CN1CC[C@@H](CNC(C)=O)C1. The lowest BCUT2D eigenvalue weighted by Gasteiger charge is -2.19. The summed E-state index contributed by atoms with van der Waals surface area (Å²) in [4.78, 5) is 13.5. The Morgan fingerprint density at radius 1 is 1.45 bits per heavy atom. The first-order chi connectivity index (χ1) is 10.5. The molecule has 1 aliphatic rings. The maximum Gasteiger partial charge on any atom is 0.216 e. The zero-order chi connectivity index (χ0) is 16.1. The van der Waals surface area contributed by atoms with E-state index >= 15 is 0 Å². The van der Waals surface area contributed by atoms with E-state index in [2.05, 4.69) is 42.3 Å². The zero-order valence-electron chi connectivity index (χ0n) is 14.2. The first-order valence-corrected chi connectivity index (χ1v) is 8.13. The predicted octanol–water partition coefficient (Wildman–Crippen LogP) is 2.78. The Labute approximate surface area is 133 Å². The lowest BCUT2D eigenvalue weighted by molar-refractivity contribution is -0.119. The third-order valence-corrected chi connectivity index (χ3v) is 4.37. The van der Waals surface area contributed by atoms with Crippen LogP contribution in [0.1, 0.15) is 44.2 Å². The number of hydrogen-bond acceptors (Lipinski definition) is 3. The van der Waals surface area contributed by atoms with E-state index in [-0.39, 0.29) is 5.91 Å². The Bertz CT molecular complexity index is 514. The van der Waals surface area contributed by atoms with Crippen molar-refractivity contribution in [2.24, 2.45) is 5.92 Å². The van der Waals surface area contributed by atoms with Crippen LogP contribution in [0.2, 0.25) is 0 Å². The minimum Gasteiger partial charge on any atom is -0.496 e. The summed E-state index contributed by atoms with van der Waals surface area (Å²) in [6, 6.07) is 6.50. The monoisotopic (exact) mass is 304 g/mol. The molecule has 1 aliphatic heterocycles. The van der Waals surface area contributed by atoms with Gasteiger partial charge in [0.1, 0.15) is 5.75 Å². The molecule has 1 aromatic rings. The van der Waals surface area contributed by atoms with Crippen molar-refractivity contribution in [2.45, 2.75) is 39.7 Å². The summed E-state index contributed by atoms with van der Waals surface area (Å²) >= 11 is 0. The fourth-order valence-corrected chi connectivity index (χ4v) is 3.03. The third kappa shape index (κ3) is 4.47. The highest BCUT2D eigenvalue weighted by molar-refractivity contribution is 5.72. The molecular formula is C18H28N2O2. The number of amides is 1. The zero-order valence-corrected chi connectivity index (χ0v) is 14.2. The normalized spacial score (nSPS) is 18.7. The van der Waals surface area contributed by atoms with Gasteiger partial charge in [0, 0.05) is 32.1 Å². The van der Waals surface area contributed by atoms with Crippen LogP contribution >= 0.6 is 0 Å². The molecule has 0 saturated carbocycles. The second-order valence-corrected chi connectivity index (χ2v) is 6.55. The van der Waals surface area contributed by atoms with Gasteiger partial charge in [-0.1, -0.05) is 26.0 Å². The minimum atomic E-state index is 0.0600. The standard InChI is InChI=1S/C18H28N2O2/c1-13(2)16-5-6-18(22-4)17(9-16)12-20-8-7-15(11-20)10-19-14(3)21/h5-6,9,13,15H,7-8,10-12H2,1-4H3,(H,19,21)/t15-/m0/s1. The summed E-state index contributed by atoms with van der Waals surface area (Å²) in [7, 11) is 1.73. The Morgan fingerprint density at radius 2 is 2.23 bits per heavy atom. The molecule has 4 heteroatoms. The van der Waals surface area contributed by atoms with Gasteiger partial charge in [0.15, 0.2) is 0 Å². The van der Waals surface area contributed by atoms with Crippen LogP contribution < -0.4 is 10.1 Å². The largest absolute Gasteiger partial charge is 0.496 e. The van der Waals surface area contributed by atoms with Gasteiger partial charge in [-0.15, -0.1) is 0 Å². The fourth-order valence-electron chi connectivity index (χ4n) is 3.03. The predicted molar refractivity (Wildman–Crippen MR) is 89.2 cm³/mol. The average molecular weight is 304 g/mol. The molecule has 0 bridgehead atoms. The summed E-state index contributed by atoms with van der Waals surface area (Å²) in [6.07, 6.45) is 1.15. The van der Waals surface area contributed by atoms with E-state index in [1.165, 1.54) is 11.1 Å². The highest BCUT2D eigenvalue weighted by atomic mass is 16.5. The van der Waals surface area contributed by atoms with Gasteiger partial charge in [0.2, 0.25) is 5.91 Å². The van der Waals surface area contributed by atoms with Crippen molar-refractivity contribution in [2.75, 3.05) is 26.7 Å². The molecule has 1 fully saturated rings. The van der Waals surface area contributed by atoms with Gasteiger partial charge in [0.25, 0.3) is 0 Å². The highest BCUT2D eigenvalue weighted by Crippen LogP contribution is 2.27. The summed E-state index contributed by atoms with van der Waals surface area (Å²) in [6.45, 7) is 9.83. The second-order valence-electron chi connectivity index (χ2n) is 6.55. The van der Waals surface area contributed by atoms with Crippen molar-refractivity contribution in [3.8, 4) is 5.75 Å². The smallest absolute Gasteiger partial charge is 0.216 e. The van der Waals surface area contributed by atoms with Gasteiger partial charge in [-0.3, -0.25) is 9.69 Å². The number of ether oxygens (including phenoxy) is 1. The summed E-state index contributed by atoms with van der Waals surface area (Å²) in [5.74, 6) is 2.11. The van der Waals surface area contributed by atoms with Crippen molar-refractivity contribution in [1.29, 1.82) is 0 Å². The number of benzene rings is 1. The van der Waals surface area contributed by atoms with Gasteiger partial charge in [0.05, 0.1) is 7.11 Å². The van der Waals surface area contributed by atoms with Crippen molar-refractivity contribution in [3.63, 3.8) is 0 Å². The quantitative estimate of drug-likeness (QED) is 0.878. The highest BCUT2D eigenvalue weighted by Gasteiger charge is 2.23. The topological polar surface area (TPSA) is 41.6 Å². The maximum atomic E-state index is 11.0. The molecule has 1 aromatic carbocycles. The molecule has 1 amide bonds. The van der Waals surface area contributed by atoms with Crippen LogP contribution in [0.25, 0.3) is 0 Å². The maximum absolute atomic E-state index is 11.0. The van der Waals surface area contributed by atoms with E-state index in [4.69, 9.17) is 4.74 Å². The molecule has 22 heavy (non-hydrogen) atoms. The van der Waals surface area contributed by atoms with Gasteiger partial charge in [-0.2, -0.15) is 0 Å². The van der Waals surface area contributed by atoms with Crippen LogP contribution in [0.5, 0.6) is 5.75 Å². The molecule has 0 unspecified atom stereocenters. The van der Waals surface area contributed by atoms with Crippen LogP contribution in [0, 0.1) is 5.92 Å². The number of carbonyl (C=O) groups excluding carboxylic acids is 1. The molecular weight excluding hydrogens is 276 g/mol. The number of hydrogen-bond donors (Lipinski definition) is 1. The number of nitrogens with one attached hydrogen (secondary N) is 1. The molecule has 0 aliphatic carbocycles. The van der Waals surface area contributed by atoms with Crippen LogP contribution in [-0.4, -0.2) is 37.6 Å². The van der Waals surface area contributed by atoms with E-state index in [1.54, 1.807) is 14.0 Å². The van der Waals surface area contributed by atoms with Crippen LogP contribution in [-0.2, 0) is 11.3 Å². The lowest BCUT2D eigenvalue weighted by atomic mass is 10.00. The molecule has 1 N–H and O–H groups in total.